The molecule has 0 unspecified atom stereocenters. The molecule has 2 aromatic rings. The first-order valence-electron chi connectivity index (χ1n) is 8.30. The fourth-order valence-corrected chi connectivity index (χ4v) is 2.53. The van der Waals surface area contributed by atoms with E-state index in [2.05, 4.69) is 15.3 Å². The fraction of sp³-hybridized carbons (Fsp3) is 0.333. The molecule has 0 spiro atoms. The molecule has 1 heterocycles. The Morgan fingerprint density at radius 2 is 1.81 bits per heavy atom. The highest BCUT2D eigenvalue weighted by Gasteiger charge is 2.15. The SMILES string of the molecule is COc1ccc(NC(=O)CN(C)C(=O)CCc2c(C)[nH]c(=O)[nH]c2=O)cc1. The van der Waals surface area contributed by atoms with E-state index in [4.69, 9.17) is 4.74 Å². The first-order valence-corrected chi connectivity index (χ1v) is 8.30. The molecule has 0 fully saturated rings. The van der Waals surface area contributed by atoms with Gasteiger partial charge in [-0.3, -0.25) is 19.4 Å². The van der Waals surface area contributed by atoms with Gasteiger partial charge < -0.3 is 19.9 Å². The van der Waals surface area contributed by atoms with Crippen LogP contribution in [0.25, 0.3) is 0 Å². The number of amides is 2. The van der Waals surface area contributed by atoms with Crippen LogP contribution in [0.5, 0.6) is 5.75 Å². The molecule has 0 bridgehead atoms. The topological polar surface area (TPSA) is 124 Å². The normalized spacial score (nSPS) is 10.3. The van der Waals surface area contributed by atoms with Crippen molar-refractivity contribution in [2.24, 2.45) is 0 Å². The number of rotatable bonds is 7. The molecule has 0 aliphatic rings. The van der Waals surface area contributed by atoms with Gasteiger partial charge in [-0.1, -0.05) is 0 Å². The van der Waals surface area contributed by atoms with Crippen LogP contribution in [0.3, 0.4) is 0 Å². The Hall–Kier alpha value is -3.36. The number of anilines is 1. The molecule has 0 saturated carbocycles. The highest BCUT2D eigenvalue weighted by molar-refractivity contribution is 5.94. The Bertz CT molecular complexity index is 930. The molecule has 9 nitrogen and oxygen atoms in total. The lowest BCUT2D eigenvalue weighted by Crippen LogP contribution is -2.35. The standard InChI is InChI=1S/C18H22N4O5/c1-11-14(17(25)21-18(26)19-11)8-9-16(24)22(2)10-15(23)20-12-4-6-13(27-3)7-5-12/h4-7H,8-10H2,1-3H3,(H,20,23)(H2,19,21,25,26). The van der Waals surface area contributed by atoms with Gasteiger partial charge in [0.05, 0.1) is 13.7 Å². The van der Waals surface area contributed by atoms with E-state index in [1.54, 1.807) is 38.3 Å². The van der Waals surface area contributed by atoms with Crippen LogP contribution in [-0.4, -0.2) is 47.4 Å². The summed E-state index contributed by atoms with van der Waals surface area (Å²) in [6.45, 7) is 1.48. The Balaban J connectivity index is 1.88. The average Bonchev–Trinajstić information content (AvgIpc) is 2.61. The van der Waals surface area contributed by atoms with E-state index in [1.165, 1.54) is 11.9 Å². The largest absolute Gasteiger partial charge is 0.497 e. The van der Waals surface area contributed by atoms with Gasteiger partial charge in [0.15, 0.2) is 0 Å². The fourth-order valence-electron chi connectivity index (χ4n) is 2.53. The molecule has 0 radical (unpaired) electrons. The van der Waals surface area contributed by atoms with E-state index in [0.717, 1.165) is 0 Å². The van der Waals surface area contributed by atoms with Crippen molar-refractivity contribution in [1.29, 1.82) is 0 Å². The van der Waals surface area contributed by atoms with Crippen molar-refractivity contribution in [2.75, 3.05) is 26.0 Å². The maximum absolute atomic E-state index is 12.2. The summed E-state index contributed by atoms with van der Waals surface area (Å²) in [5, 5.41) is 2.69. The van der Waals surface area contributed by atoms with Gasteiger partial charge in [0.25, 0.3) is 5.56 Å². The van der Waals surface area contributed by atoms with Gasteiger partial charge in [0.2, 0.25) is 11.8 Å². The lowest BCUT2D eigenvalue weighted by molar-refractivity contribution is -0.133. The quantitative estimate of drug-likeness (QED) is 0.647. The van der Waals surface area contributed by atoms with E-state index in [0.29, 0.717) is 22.7 Å². The van der Waals surface area contributed by atoms with E-state index in [-0.39, 0.29) is 31.2 Å². The average molecular weight is 374 g/mol. The number of likely N-dealkylation sites (N-methyl/N-ethyl adjacent to an activating group) is 1. The van der Waals surface area contributed by atoms with Crippen molar-refractivity contribution in [3.63, 3.8) is 0 Å². The Morgan fingerprint density at radius 3 is 2.41 bits per heavy atom. The second-order valence-electron chi connectivity index (χ2n) is 6.04. The van der Waals surface area contributed by atoms with Gasteiger partial charge in [-0.05, 0) is 37.6 Å². The van der Waals surface area contributed by atoms with Crippen LogP contribution in [-0.2, 0) is 16.0 Å². The molecule has 1 aromatic carbocycles. The summed E-state index contributed by atoms with van der Waals surface area (Å²) in [5.74, 6) is 0.0480. The predicted octanol–water partition coefficient (Wildman–Crippen LogP) is 0.410. The molecule has 3 N–H and O–H groups in total. The van der Waals surface area contributed by atoms with Gasteiger partial charge in [0.1, 0.15) is 5.75 Å². The molecular weight excluding hydrogens is 352 g/mol. The van der Waals surface area contributed by atoms with Crippen LogP contribution >= 0.6 is 0 Å². The summed E-state index contributed by atoms with van der Waals surface area (Å²) in [6, 6.07) is 6.83. The number of carbonyl (C=O) groups excluding carboxylic acids is 2. The van der Waals surface area contributed by atoms with E-state index < -0.39 is 11.2 Å². The van der Waals surface area contributed by atoms with Crippen molar-refractivity contribution >= 4 is 17.5 Å². The highest BCUT2D eigenvalue weighted by Crippen LogP contribution is 2.14. The van der Waals surface area contributed by atoms with E-state index in [9.17, 15) is 19.2 Å². The Labute approximate surface area is 155 Å². The third-order valence-electron chi connectivity index (χ3n) is 4.02. The molecule has 2 rings (SSSR count). The molecular formula is C18H22N4O5. The zero-order valence-electron chi connectivity index (χ0n) is 15.4. The summed E-state index contributed by atoms with van der Waals surface area (Å²) in [4.78, 5) is 53.2. The number of aromatic amines is 2. The number of hydrogen-bond acceptors (Lipinski definition) is 5. The molecule has 2 amide bonds. The molecule has 27 heavy (non-hydrogen) atoms. The van der Waals surface area contributed by atoms with Crippen LogP contribution < -0.4 is 21.3 Å². The maximum atomic E-state index is 12.2. The molecule has 0 aliphatic carbocycles. The predicted molar refractivity (Wildman–Crippen MR) is 100 cm³/mol. The van der Waals surface area contributed by atoms with Gasteiger partial charge in [-0.2, -0.15) is 0 Å². The van der Waals surface area contributed by atoms with Crippen molar-refractivity contribution < 1.29 is 14.3 Å². The number of benzene rings is 1. The maximum Gasteiger partial charge on any atom is 0.325 e. The van der Waals surface area contributed by atoms with Gasteiger partial charge in [-0.25, -0.2) is 4.79 Å². The first kappa shape index (κ1) is 20.0. The number of nitrogens with one attached hydrogen (secondary N) is 3. The molecule has 144 valence electrons. The first-order chi connectivity index (χ1) is 12.8. The highest BCUT2D eigenvalue weighted by atomic mass is 16.5. The number of hydrogen-bond donors (Lipinski definition) is 3. The summed E-state index contributed by atoms with van der Waals surface area (Å²) in [5.41, 5.74) is 0.274. The van der Waals surface area contributed by atoms with Crippen molar-refractivity contribution in [3.8, 4) is 5.75 Å². The van der Waals surface area contributed by atoms with Crippen molar-refractivity contribution in [2.45, 2.75) is 19.8 Å². The summed E-state index contributed by atoms with van der Waals surface area (Å²) < 4.78 is 5.05. The molecule has 0 aliphatic heterocycles. The zero-order valence-corrected chi connectivity index (χ0v) is 15.4. The number of methoxy groups -OCH3 is 1. The van der Waals surface area contributed by atoms with E-state index >= 15 is 0 Å². The van der Waals surface area contributed by atoms with Crippen LogP contribution in [0, 0.1) is 6.92 Å². The van der Waals surface area contributed by atoms with Crippen LogP contribution in [0.2, 0.25) is 0 Å². The minimum Gasteiger partial charge on any atom is -0.497 e. The second-order valence-corrected chi connectivity index (χ2v) is 6.04. The smallest absolute Gasteiger partial charge is 0.325 e. The number of H-pyrrole nitrogens is 2. The van der Waals surface area contributed by atoms with Crippen LogP contribution in [0.15, 0.2) is 33.9 Å². The molecule has 0 saturated heterocycles. The molecule has 0 atom stereocenters. The van der Waals surface area contributed by atoms with E-state index in [1.807, 2.05) is 0 Å². The molecule has 9 heteroatoms. The lowest BCUT2D eigenvalue weighted by atomic mass is 10.1. The minimum absolute atomic E-state index is 0.0439. The zero-order chi connectivity index (χ0) is 20.0. The molecule has 1 aromatic heterocycles. The Kier molecular flexibility index (Phi) is 6.53. The van der Waals surface area contributed by atoms with Gasteiger partial charge >= 0.3 is 5.69 Å². The van der Waals surface area contributed by atoms with Crippen LogP contribution in [0.4, 0.5) is 5.69 Å². The summed E-state index contributed by atoms with van der Waals surface area (Å²) >= 11 is 0. The Morgan fingerprint density at radius 1 is 1.15 bits per heavy atom. The number of aromatic nitrogens is 2. The minimum atomic E-state index is -0.583. The lowest BCUT2D eigenvalue weighted by Gasteiger charge is -2.17. The monoisotopic (exact) mass is 374 g/mol. The summed E-state index contributed by atoms with van der Waals surface area (Å²) in [7, 11) is 3.07. The van der Waals surface area contributed by atoms with Crippen molar-refractivity contribution in [3.05, 3.63) is 56.4 Å². The third-order valence-corrected chi connectivity index (χ3v) is 4.02. The number of carbonyl (C=O) groups is 2. The second kappa shape index (κ2) is 8.84. The van der Waals surface area contributed by atoms with Crippen LogP contribution in [0.1, 0.15) is 17.7 Å². The summed E-state index contributed by atoms with van der Waals surface area (Å²) in [6.07, 6.45) is 0.212. The number of aryl methyl sites for hydroxylation is 1. The number of nitrogens with zero attached hydrogens (tertiary/aromatic N) is 1. The van der Waals surface area contributed by atoms with Crippen molar-refractivity contribution in [1.82, 2.24) is 14.9 Å². The third kappa shape index (κ3) is 5.56. The number of ether oxygens (including phenoxy) is 1. The van der Waals surface area contributed by atoms with Gasteiger partial charge in [0, 0.05) is 30.4 Å². The van der Waals surface area contributed by atoms with Gasteiger partial charge in [-0.15, -0.1) is 0 Å².